The van der Waals surface area contributed by atoms with Crippen LogP contribution in [0.25, 0.3) is 0 Å². The largest absolute Gasteiger partial charge is 0.454 e. The number of nitrogens with one attached hydrogen (secondary N) is 1. The molecule has 7 nitrogen and oxygen atoms in total. The van der Waals surface area contributed by atoms with Crippen molar-refractivity contribution in [1.29, 1.82) is 0 Å². The summed E-state index contributed by atoms with van der Waals surface area (Å²) in [6, 6.07) is 11.0. The van der Waals surface area contributed by atoms with Crippen LogP contribution >= 0.6 is 24.8 Å². The third-order valence-electron chi connectivity index (χ3n) is 4.91. The van der Waals surface area contributed by atoms with Crippen LogP contribution in [0.1, 0.15) is 29.8 Å². The molecule has 4 rings (SSSR count). The second kappa shape index (κ2) is 10.2. The van der Waals surface area contributed by atoms with E-state index in [1.165, 1.54) is 5.56 Å². The number of rotatable bonds is 4. The summed E-state index contributed by atoms with van der Waals surface area (Å²) in [6.45, 7) is 7.02. The molecule has 0 radical (unpaired) electrons. The van der Waals surface area contributed by atoms with Gasteiger partial charge >= 0.3 is 0 Å². The van der Waals surface area contributed by atoms with Gasteiger partial charge in [-0.1, -0.05) is 12.1 Å². The van der Waals surface area contributed by atoms with Crippen LogP contribution < -0.4 is 20.5 Å². The normalized spacial score (nSPS) is 20.1. The van der Waals surface area contributed by atoms with Gasteiger partial charge < -0.3 is 25.3 Å². The molecule has 2 aromatic rings. The van der Waals surface area contributed by atoms with Gasteiger partial charge in [0.2, 0.25) is 6.79 Å². The van der Waals surface area contributed by atoms with Crippen molar-refractivity contribution in [3.8, 4) is 11.5 Å². The van der Waals surface area contributed by atoms with E-state index in [-0.39, 0.29) is 49.7 Å². The summed E-state index contributed by atoms with van der Waals surface area (Å²) in [7, 11) is 0. The molecule has 3 N–H and O–H groups in total. The first-order valence-electron chi connectivity index (χ1n) is 9.45. The molecule has 0 spiro atoms. The lowest BCUT2D eigenvalue weighted by atomic mass is 10.1. The number of ether oxygens (including phenoxy) is 3. The molecule has 2 atom stereocenters. The Morgan fingerprint density at radius 2 is 1.67 bits per heavy atom. The third-order valence-corrected chi connectivity index (χ3v) is 4.91. The van der Waals surface area contributed by atoms with Gasteiger partial charge in [0.15, 0.2) is 11.5 Å². The Morgan fingerprint density at radius 3 is 2.30 bits per heavy atom. The van der Waals surface area contributed by atoms with Gasteiger partial charge in [0.1, 0.15) is 0 Å². The van der Waals surface area contributed by atoms with E-state index in [2.05, 4.69) is 24.1 Å². The standard InChI is InChI=1S/C21H25N3O4.2ClH/c1-13-9-24(10-14(2)28-13)11-15-3-5-16(6-4-15)21(25)23-18-8-20-19(7-17(18)22)26-12-27-20;;/h3-8,13-14H,9-12,22H2,1-2H3,(H,23,25);2*1H. The summed E-state index contributed by atoms with van der Waals surface area (Å²) >= 11 is 0. The second-order valence-electron chi connectivity index (χ2n) is 7.40. The summed E-state index contributed by atoms with van der Waals surface area (Å²) in [5.74, 6) is 0.950. The summed E-state index contributed by atoms with van der Waals surface area (Å²) in [6.07, 6.45) is 0.474. The van der Waals surface area contributed by atoms with Gasteiger partial charge in [0.05, 0.1) is 23.6 Å². The SMILES string of the molecule is CC1CN(Cc2ccc(C(=O)Nc3cc4c(cc3N)OCO4)cc2)CC(C)O1.Cl.Cl. The van der Waals surface area contributed by atoms with E-state index in [1.54, 1.807) is 12.1 Å². The van der Waals surface area contributed by atoms with Crippen LogP contribution in [0.4, 0.5) is 11.4 Å². The molecule has 0 aromatic heterocycles. The second-order valence-corrected chi connectivity index (χ2v) is 7.40. The van der Waals surface area contributed by atoms with Crippen molar-refractivity contribution in [2.45, 2.75) is 32.6 Å². The van der Waals surface area contributed by atoms with E-state index in [4.69, 9.17) is 19.9 Å². The highest BCUT2D eigenvalue weighted by Gasteiger charge is 2.22. The molecule has 0 aliphatic carbocycles. The van der Waals surface area contributed by atoms with Crippen molar-refractivity contribution in [2.24, 2.45) is 0 Å². The first kappa shape index (κ1) is 24.1. The van der Waals surface area contributed by atoms with Gasteiger partial charge in [0, 0.05) is 37.3 Å². The maximum Gasteiger partial charge on any atom is 0.255 e. The molecule has 164 valence electrons. The molecule has 2 heterocycles. The summed E-state index contributed by atoms with van der Waals surface area (Å²) in [4.78, 5) is 15.0. The lowest BCUT2D eigenvalue weighted by Gasteiger charge is -2.35. The topological polar surface area (TPSA) is 86.1 Å². The number of nitrogen functional groups attached to an aromatic ring is 1. The minimum absolute atomic E-state index is 0. The van der Waals surface area contributed by atoms with Crippen molar-refractivity contribution in [3.63, 3.8) is 0 Å². The number of morpholine rings is 1. The van der Waals surface area contributed by atoms with Gasteiger partial charge in [0.25, 0.3) is 5.91 Å². The Bertz CT molecular complexity index is 869. The average Bonchev–Trinajstić information content (AvgIpc) is 3.08. The average molecular weight is 456 g/mol. The highest BCUT2D eigenvalue weighted by Crippen LogP contribution is 2.38. The smallest absolute Gasteiger partial charge is 0.255 e. The Kier molecular flexibility index (Phi) is 8.20. The van der Waals surface area contributed by atoms with Gasteiger partial charge in [-0.25, -0.2) is 0 Å². The van der Waals surface area contributed by atoms with Crippen molar-refractivity contribution >= 4 is 42.1 Å². The molecule has 1 amide bonds. The minimum atomic E-state index is -0.217. The van der Waals surface area contributed by atoms with Gasteiger partial charge in [-0.15, -0.1) is 24.8 Å². The number of hydrogen-bond donors (Lipinski definition) is 2. The highest BCUT2D eigenvalue weighted by molar-refractivity contribution is 6.06. The molecule has 9 heteroatoms. The molecule has 2 aromatic carbocycles. The molecule has 2 aliphatic heterocycles. The maximum atomic E-state index is 12.6. The minimum Gasteiger partial charge on any atom is -0.454 e. The van der Waals surface area contributed by atoms with Crippen molar-refractivity contribution in [3.05, 3.63) is 47.5 Å². The zero-order valence-corrected chi connectivity index (χ0v) is 18.6. The van der Waals surface area contributed by atoms with Crippen molar-refractivity contribution in [2.75, 3.05) is 30.9 Å². The molecule has 2 aliphatic rings. The fourth-order valence-electron chi connectivity index (χ4n) is 3.69. The van der Waals surface area contributed by atoms with Gasteiger partial charge in [-0.3, -0.25) is 9.69 Å². The van der Waals surface area contributed by atoms with Gasteiger partial charge in [-0.05, 0) is 31.5 Å². The van der Waals surface area contributed by atoms with Crippen LogP contribution in [-0.4, -0.2) is 42.9 Å². The first-order chi connectivity index (χ1) is 13.5. The molecule has 1 fully saturated rings. The first-order valence-corrected chi connectivity index (χ1v) is 9.45. The lowest BCUT2D eigenvalue weighted by molar-refractivity contribution is -0.0704. The van der Waals surface area contributed by atoms with Crippen molar-refractivity contribution in [1.82, 2.24) is 4.90 Å². The van der Waals surface area contributed by atoms with E-state index in [0.717, 1.165) is 19.6 Å². The van der Waals surface area contributed by atoms with E-state index >= 15 is 0 Å². The van der Waals surface area contributed by atoms with Crippen molar-refractivity contribution < 1.29 is 19.0 Å². The Labute approximate surface area is 188 Å². The molecule has 30 heavy (non-hydrogen) atoms. The zero-order valence-electron chi connectivity index (χ0n) is 16.9. The maximum absolute atomic E-state index is 12.6. The number of halogens is 2. The Morgan fingerprint density at radius 1 is 1.07 bits per heavy atom. The van der Waals surface area contributed by atoms with Crippen LogP contribution in [0, 0.1) is 0 Å². The van der Waals surface area contributed by atoms with Crippen LogP contribution in [-0.2, 0) is 11.3 Å². The zero-order chi connectivity index (χ0) is 19.7. The van der Waals surface area contributed by atoms with Crippen LogP contribution in [0.15, 0.2) is 36.4 Å². The molecule has 0 saturated carbocycles. The molecular weight excluding hydrogens is 429 g/mol. The predicted molar refractivity (Wildman–Crippen MR) is 121 cm³/mol. The lowest BCUT2D eigenvalue weighted by Crippen LogP contribution is -2.44. The van der Waals surface area contributed by atoms with Crippen LogP contribution in [0.2, 0.25) is 0 Å². The number of carbonyl (C=O) groups excluding carboxylic acids is 1. The van der Waals surface area contributed by atoms with Gasteiger partial charge in [-0.2, -0.15) is 0 Å². The molecule has 2 unspecified atom stereocenters. The number of hydrogen-bond acceptors (Lipinski definition) is 6. The highest BCUT2D eigenvalue weighted by atomic mass is 35.5. The summed E-state index contributed by atoms with van der Waals surface area (Å²) in [5, 5.41) is 2.84. The van der Waals surface area contributed by atoms with E-state index in [0.29, 0.717) is 28.4 Å². The number of fused-ring (bicyclic) bond motifs is 1. The van der Waals surface area contributed by atoms with E-state index < -0.39 is 0 Å². The fraction of sp³-hybridized carbons (Fsp3) is 0.381. The predicted octanol–water partition coefficient (Wildman–Crippen LogP) is 3.70. The Balaban J connectivity index is 0.00000160. The number of nitrogens with zero attached hydrogens (tertiary/aromatic N) is 1. The number of nitrogens with two attached hydrogens (primary N) is 1. The molecule has 0 bridgehead atoms. The summed E-state index contributed by atoms with van der Waals surface area (Å²) < 4.78 is 16.4. The monoisotopic (exact) mass is 455 g/mol. The van der Waals surface area contributed by atoms with E-state index in [9.17, 15) is 4.79 Å². The number of carbonyl (C=O) groups is 1. The third kappa shape index (κ3) is 5.49. The number of anilines is 2. The van der Waals surface area contributed by atoms with Crippen LogP contribution in [0.5, 0.6) is 11.5 Å². The van der Waals surface area contributed by atoms with E-state index in [1.807, 2.05) is 24.3 Å². The Hall–Kier alpha value is -2.19. The molecular formula is C21H27Cl2N3O4. The summed E-state index contributed by atoms with van der Waals surface area (Å²) in [5.41, 5.74) is 8.69. The fourth-order valence-corrected chi connectivity index (χ4v) is 3.69. The quantitative estimate of drug-likeness (QED) is 0.683. The number of amides is 1. The van der Waals surface area contributed by atoms with Crippen LogP contribution in [0.3, 0.4) is 0 Å². The molecule has 1 saturated heterocycles. The number of benzene rings is 2.